The fourth-order valence-electron chi connectivity index (χ4n) is 4.41. The van der Waals surface area contributed by atoms with Gasteiger partial charge in [-0.05, 0) is 67.1 Å². The molecule has 5 aromatic rings. The molecule has 4 heterocycles. The van der Waals surface area contributed by atoms with Gasteiger partial charge < -0.3 is 15.4 Å². The fraction of sp³-hybridized carbons (Fsp3) is 0.107. The van der Waals surface area contributed by atoms with E-state index >= 15 is 4.39 Å². The first-order chi connectivity index (χ1) is 19.5. The molecule has 0 unspecified atom stereocenters. The number of nitrogens with zero attached hydrogens (tertiary/aromatic N) is 4. The molecule has 12 heteroatoms. The third-order valence-electron chi connectivity index (χ3n) is 6.36. The second-order valence-corrected chi connectivity index (χ2v) is 8.93. The minimum Gasteiger partial charge on any atom is -0.453 e. The molecule has 1 aliphatic heterocycles. The molecule has 40 heavy (non-hydrogen) atoms. The van der Waals surface area contributed by atoms with E-state index in [9.17, 15) is 14.0 Å². The highest BCUT2D eigenvalue weighted by Gasteiger charge is 2.19. The van der Waals surface area contributed by atoms with Crippen molar-refractivity contribution in [1.82, 2.24) is 30.3 Å². The highest BCUT2D eigenvalue weighted by Crippen LogP contribution is 2.35. The first-order valence-corrected chi connectivity index (χ1v) is 12.3. The van der Waals surface area contributed by atoms with Crippen LogP contribution in [0.25, 0.3) is 22.3 Å². The molecule has 1 amide bonds. The van der Waals surface area contributed by atoms with E-state index in [1.54, 1.807) is 6.07 Å². The molecule has 1 aliphatic rings. The van der Waals surface area contributed by atoms with Gasteiger partial charge in [0.1, 0.15) is 22.8 Å². The Morgan fingerprint density at radius 3 is 2.65 bits per heavy atom. The minimum absolute atomic E-state index is 0.0699. The summed E-state index contributed by atoms with van der Waals surface area (Å²) in [6.45, 7) is 1.54. The zero-order valence-electron chi connectivity index (χ0n) is 20.8. The van der Waals surface area contributed by atoms with E-state index in [4.69, 9.17) is 4.74 Å². The van der Waals surface area contributed by atoms with Gasteiger partial charge in [0.25, 0.3) is 11.5 Å². The Hall–Kier alpha value is -5.23. The lowest BCUT2D eigenvalue weighted by molar-refractivity contribution is 0.102. The summed E-state index contributed by atoms with van der Waals surface area (Å²) in [6, 6.07) is 11.9. The number of pyridine rings is 1. The van der Waals surface area contributed by atoms with Gasteiger partial charge in [0.15, 0.2) is 17.2 Å². The smallest absolute Gasteiger partial charge is 0.284 e. The van der Waals surface area contributed by atoms with Gasteiger partial charge in [-0.1, -0.05) is 6.08 Å². The molecule has 0 atom stereocenters. The summed E-state index contributed by atoms with van der Waals surface area (Å²) in [7, 11) is 0. The molecule has 0 saturated heterocycles. The Morgan fingerprint density at radius 2 is 1.88 bits per heavy atom. The second-order valence-electron chi connectivity index (χ2n) is 8.93. The largest absolute Gasteiger partial charge is 0.453 e. The van der Waals surface area contributed by atoms with Crippen molar-refractivity contribution in [3.8, 4) is 17.2 Å². The Morgan fingerprint density at radius 1 is 1.02 bits per heavy atom. The lowest BCUT2D eigenvalue weighted by atomic mass is 10.0. The lowest BCUT2D eigenvalue weighted by Gasteiger charge is -2.14. The molecular weight excluding hydrogens is 520 g/mol. The van der Waals surface area contributed by atoms with Crippen molar-refractivity contribution in [2.75, 3.05) is 18.4 Å². The molecule has 3 aromatic heterocycles. The summed E-state index contributed by atoms with van der Waals surface area (Å²) in [5.41, 5.74) is 1.72. The van der Waals surface area contributed by atoms with Crippen LogP contribution < -0.4 is 20.9 Å². The SMILES string of the molecule is O=C(Nc1ccc(Oc2ccnc3[nH]nc(C4=CCNCC4)c23)c(F)c1)c1ccnn(-c2ccc(F)cc2)c1=O. The first-order valence-electron chi connectivity index (χ1n) is 12.3. The van der Waals surface area contributed by atoms with Crippen molar-refractivity contribution >= 4 is 28.2 Å². The number of hydrogen-bond donors (Lipinski definition) is 3. The maximum Gasteiger partial charge on any atom is 0.284 e. The van der Waals surface area contributed by atoms with Crippen molar-refractivity contribution in [2.45, 2.75) is 6.42 Å². The number of aromatic amines is 1. The van der Waals surface area contributed by atoms with Crippen molar-refractivity contribution in [1.29, 1.82) is 0 Å². The van der Waals surface area contributed by atoms with Crippen LogP contribution in [0.15, 0.2) is 77.9 Å². The molecule has 200 valence electrons. The van der Waals surface area contributed by atoms with Crippen LogP contribution in [-0.4, -0.2) is 44.0 Å². The number of fused-ring (bicyclic) bond motifs is 1. The number of rotatable bonds is 6. The number of ether oxygens (including phenoxy) is 1. The maximum absolute atomic E-state index is 15.1. The summed E-state index contributed by atoms with van der Waals surface area (Å²) in [5.74, 6) is -1.66. The van der Waals surface area contributed by atoms with Crippen LogP contribution in [-0.2, 0) is 0 Å². The number of nitrogens with one attached hydrogen (secondary N) is 3. The number of benzene rings is 2. The van der Waals surface area contributed by atoms with Crippen LogP contribution in [0, 0.1) is 11.6 Å². The zero-order valence-corrected chi connectivity index (χ0v) is 20.8. The number of H-pyrrole nitrogens is 1. The summed E-state index contributed by atoms with van der Waals surface area (Å²) in [6.07, 6.45) is 5.64. The number of hydrogen-bond acceptors (Lipinski definition) is 7. The van der Waals surface area contributed by atoms with Gasteiger partial charge in [0.2, 0.25) is 0 Å². The Bertz CT molecular complexity index is 1830. The minimum atomic E-state index is -0.759. The van der Waals surface area contributed by atoms with Gasteiger partial charge in [-0.15, -0.1) is 0 Å². The number of carbonyl (C=O) groups excluding carboxylic acids is 1. The molecule has 2 aromatic carbocycles. The lowest BCUT2D eigenvalue weighted by Crippen LogP contribution is -2.29. The van der Waals surface area contributed by atoms with Crippen LogP contribution in [0.2, 0.25) is 0 Å². The molecule has 3 N–H and O–H groups in total. The quantitative estimate of drug-likeness (QED) is 0.294. The van der Waals surface area contributed by atoms with E-state index in [0.717, 1.165) is 35.8 Å². The van der Waals surface area contributed by atoms with E-state index in [-0.39, 0.29) is 22.7 Å². The van der Waals surface area contributed by atoms with Crippen molar-refractivity contribution in [2.24, 2.45) is 0 Å². The second kappa shape index (κ2) is 10.5. The van der Waals surface area contributed by atoms with E-state index in [1.807, 2.05) is 6.08 Å². The first kappa shape index (κ1) is 25.1. The van der Waals surface area contributed by atoms with Crippen molar-refractivity contribution in [3.63, 3.8) is 0 Å². The Balaban J connectivity index is 1.24. The number of carbonyl (C=O) groups is 1. The fourth-order valence-corrected chi connectivity index (χ4v) is 4.41. The monoisotopic (exact) mass is 541 g/mol. The predicted octanol–water partition coefficient (Wildman–Crippen LogP) is 4.20. The Labute approximate surface area is 225 Å². The molecule has 0 radical (unpaired) electrons. The average molecular weight is 542 g/mol. The van der Waals surface area contributed by atoms with Crippen LogP contribution in [0.4, 0.5) is 14.5 Å². The van der Waals surface area contributed by atoms with Gasteiger partial charge in [-0.25, -0.2) is 13.8 Å². The van der Waals surface area contributed by atoms with Crippen LogP contribution >= 0.6 is 0 Å². The third kappa shape index (κ3) is 4.83. The molecule has 0 bridgehead atoms. The highest BCUT2D eigenvalue weighted by molar-refractivity contribution is 6.04. The Kier molecular flexibility index (Phi) is 6.58. The highest BCUT2D eigenvalue weighted by atomic mass is 19.1. The standard InChI is InChI=1S/C28H21F2N7O3/c29-17-1-4-19(5-2-17)37-28(39)20(9-14-33-37)27(38)34-18-3-6-22(21(30)15-18)40-23-10-13-32-26-24(23)25(35-36-26)16-7-11-31-12-8-16/h1-7,9-10,13-15,31H,8,11-12H2,(H,34,38)(H,32,35,36). The van der Waals surface area contributed by atoms with Gasteiger partial charge in [0, 0.05) is 30.7 Å². The maximum atomic E-state index is 15.1. The normalized spacial score (nSPS) is 13.2. The van der Waals surface area contributed by atoms with Crippen LogP contribution in [0.1, 0.15) is 22.5 Å². The van der Waals surface area contributed by atoms with Gasteiger partial charge in [-0.2, -0.15) is 14.9 Å². The average Bonchev–Trinajstić information content (AvgIpc) is 3.41. The number of halogens is 2. The zero-order chi connectivity index (χ0) is 27.6. The van der Waals surface area contributed by atoms with Gasteiger partial charge in [0.05, 0.1) is 11.1 Å². The van der Waals surface area contributed by atoms with Crippen LogP contribution in [0.5, 0.6) is 11.5 Å². The van der Waals surface area contributed by atoms with Crippen molar-refractivity contribution < 1.29 is 18.3 Å². The van der Waals surface area contributed by atoms with Gasteiger partial charge in [-0.3, -0.25) is 14.7 Å². The number of amides is 1. The summed E-state index contributed by atoms with van der Waals surface area (Å²) in [4.78, 5) is 30.0. The molecule has 0 aliphatic carbocycles. The summed E-state index contributed by atoms with van der Waals surface area (Å²) < 4.78 is 35.3. The number of aromatic nitrogens is 5. The van der Waals surface area contributed by atoms with Crippen molar-refractivity contribution in [3.05, 3.63) is 106 Å². The molecule has 0 fully saturated rings. The molecule has 0 saturated carbocycles. The van der Waals surface area contributed by atoms with Crippen LogP contribution in [0.3, 0.4) is 0 Å². The molecule has 10 nitrogen and oxygen atoms in total. The molecule has 6 rings (SSSR count). The summed E-state index contributed by atoms with van der Waals surface area (Å²) in [5, 5.41) is 17.7. The van der Waals surface area contributed by atoms with E-state index in [0.29, 0.717) is 22.5 Å². The summed E-state index contributed by atoms with van der Waals surface area (Å²) >= 11 is 0. The van der Waals surface area contributed by atoms with E-state index in [2.05, 4.69) is 30.9 Å². The number of anilines is 1. The molecule has 0 spiro atoms. The van der Waals surface area contributed by atoms with E-state index < -0.39 is 23.1 Å². The predicted molar refractivity (Wildman–Crippen MR) is 144 cm³/mol. The van der Waals surface area contributed by atoms with E-state index in [1.165, 1.54) is 54.9 Å². The van der Waals surface area contributed by atoms with Gasteiger partial charge >= 0.3 is 0 Å². The topological polar surface area (TPSA) is 127 Å². The third-order valence-corrected chi connectivity index (χ3v) is 6.36. The molecular formula is C28H21F2N7O3.